The van der Waals surface area contributed by atoms with Crippen molar-refractivity contribution >= 4 is 27.0 Å². The minimum absolute atomic E-state index is 0.158. The van der Waals surface area contributed by atoms with Gasteiger partial charge in [0.1, 0.15) is 17.4 Å². The van der Waals surface area contributed by atoms with Gasteiger partial charge in [-0.1, -0.05) is 133 Å². The first-order valence-corrected chi connectivity index (χ1v) is 15.1. The van der Waals surface area contributed by atoms with E-state index in [1.54, 1.807) is 42.5 Å². The van der Waals surface area contributed by atoms with Crippen molar-refractivity contribution in [3.05, 3.63) is 168 Å². The van der Waals surface area contributed by atoms with Gasteiger partial charge < -0.3 is 9.52 Å². The highest BCUT2D eigenvalue weighted by Gasteiger charge is 2.48. The molecule has 1 atom stereocenters. The lowest BCUT2D eigenvalue weighted by atomic mass is 9.85. The van der Waals surface area contributed by atoms with E-state index in [4.69, 9.17) is 4.42 Å². The number of benzene rings is 4. The number of rotatable bonds is 9. The number of hydrogen-bond donors (Lipinski definition) is 2. The fraction of sp³-hybridized carbons (Fsp3) is 0.114. The summed E-state index contributed by atoms with van der Waals surface area (Å²) >= 11 is 0. The Bertz CT molecular complexity index is 1860. The lowest BCUT2D eigenvalue weighted by molar-refractivity contribution is -0.139. The van der Waals surface area contributed by atoms with Crippen molar-refractivity contribution < 1.29 is 22.7 Å². The molecular formula is C35H29NO5S. The molecule has 1 aromatic heterocycles. The summed E-state index contributed by atoms with van der Waals surface area (Å²) in [6.45, 7) is 0. The summed E-state index contributed by atoms with van der Waals surface area (Å²) in [6, 6.07) is 33.7. The summed E-state index contributed by atoms with van der Waals surface area (Å²) in [5, 5.41) is 10.8. The van der Waals surface area contributed by atoms with Crippen molar-refractivity contribution in [3.8, 4) is 0 Å². The maximum Gasteiger partial charge on any atom is 0.326 e. The molecule has 4 aromatic carbocycles. The lowest BCUT2D eigenvalue weighted by Gasteiger charge is -2.33. The Labute approximate surface area is 244 Å². The second-order valence-electron chi connectivity index (χ2n) is 10.3. The fourth-order valence-electron chi connectivity index (χ4n) is 5.58. The summed E-state index contributed by atoms with van der Waals surface area (Å²) in [7, 11) is -4.44. The van der Waals surface area contributed by atoms with Gasteiger partial charge in [0.2, 0.25) is 10.0 Å². The van der Waals surface area contributed by atoms with Crippen LogP contribution in [-0.2, 0) is 26.0 Å². The normalized spacial score (nSPS) is 19.1. The van der Waals surface area contributed by atoms with Gasteiger partial charge in [0.25, 0.3) is 0 Å². The monoisotopic (exact) mass is 575 g/mol. The number of para-hydroxylation sites is 1. The van der Waals surface area contributed by atoms with E-state index >= 15 is 0 Å². The van der Waals surface area contributed by atoms with Crippen LogP contribution < -0.4 is 4.72 Å². The quantitative estimate of drug-likeness (QED) is 0.187. The van der Waals surface area contributed by atoms with Crippen LogP contribution in [0, 0.1) is 0 Å². The molecule has 2 N–H and O–H groups in total. The molecular weight excluding hydrogens is 546 g/mol. The summed E-state index contributed by atoms with van der Waals surface area (Å²) in [4.78, 5) is 12.4. The second kappa shape index (κ2) is 11.3. The number of fused-ring (bicyclic) bond motifs is 1. The van der Waals surface area contributed by atoms with Crippen LogP contribution in [0.25, 0.3) is 11.0 Å². The molecule has 0 spiro atoms. The van der Waals surface area contributed by atoms with Crippen LogP contribution in [-0.4, -0.2) is 19.5 Å². The molecule has 7 heteroatoms. The molecule has 1 heterocycles. The molecule has 6 nitrogen and oxygen atoms in total. The first-order chi connectivity index (χ1) is 20.4. The molecule has 1 aliphatic rings. The van der Waals surface area contributed by atoms with Crippen molar-refractivity contribution in [1.29, 1.82) is 0 Å². The average molecular weight is 576 g/mol. The predicted octanol–water partition coefficient (Wildman–Crippen LogP) is 6.87. The number of aliphatic carboxylic acids is 1. The average Bonchev–Trinajstić information content (AvgIpc) is 3.39. The third kappa shape index (κ3) is 5.09. The molecule has 0 fully saturated rings. The first kappa shape index (κ1) is 27.4. The number of carboxylic acids is 1. The number of carbonyl (C=O) groups is 1. The van der Waals surface area contributed by atoms with Crippen LogP contribution in [0.2, 0.25) is 0 Å². The number of furan rings is 1. The van der Waals surface area contributed by atoms with Gasteiger partial charge in [0.05, 0.1) is 0 Å². The van der Waals surface area contributed by atoms with E-state index < -0.39 is 26.8 Å². The number of nitrogens with one attached hydrogen (secondary N) is 1. The highest BCUT2D eigenvalue weighted by atomic mass is 32.2. The van der Waals surface area contributed by atoms with Gasteiger partial charge in [-0.15, -0.1) is 0 Å². The van der Waals surface area contributed by atoms with E-state index in [1.807, 2.05) is 97.1 Å². The Hall–Kier alpha value is -4.72. The van der Waals surface area contributed by atoms with Crippen LogP contribution in [0.3, 0.4) is 0 Å². The van der Waals surface area contributed by atoms with E-state index in [9.17, 15) is 18.3 Å². The Morgan fingerprint density at radius 3 is 2.02 bits per heavy atom. The summed E-state index contributed by atoms with van der Waals surface area (Å²) in [6.07, 6.45) is 7.42. The minimum Gasteiger partial charge on any atom is -0.480 e. The number of hydrogen-bond acceptors (Lipinski definition) is 4. The van der Waals surface area contributed by atoms with Crippen LogP contribution in [0.4, 0.5) is 0 Å². The van der Waals surface area contributed by atoms with Gasteiger partial charge in [0.15, 0.2) is 4.75 Å². The molecule has 0 saturated heterocycles. The van der Waals surface area contributed by atoms with Crippen molar-refractivity contribution in [1.82, 2.24) is 4.72 Å². The zero-order valence-electron chi connectivity index (χ0n) is 22.6. The van der Waals surface area contributed by atoms with Crippen molar-refractivity contribution in [2.24, 2.45) is 0 Å². The molecule has 0 aliphatic heterocycles. The van der Waals surface area contributed by atoms with Crippen molar-refractivity contribution in [3.63, 3.8) is 0 Å². The summed E-state index contributed by atoms with van der Waals surface area (Å²) < 4.78 is 36.5. The largest absolute Gasteiger partial charge is 0.480 e. The van der Waals surface area contributed by atoms with Gasteiger partial charge in [-0.2, -0.15) is 4.72 Å². The zero-order chi connectivity index (χ0) is 29.2. The molecule has 5 aromatic rings. The fourth-order valence-corrected chi connectivity index (χ4v) is 7.33. The van der Waals surface area contributed by atoms with E-state index in [0.717, 1.165) is 11.1 Å². The summed E-state index contributed by atoms with van der Waals surface area (Å²) in [5.41, 5.74) is 3.31. The molecule has 0 bridgehead atoms. The SMILES string of the molecule is O=C(O)C(NS(=O)(=O)C1(c2c(Cc3ccccc3)oc3ccccc23)C=CC(c2ccccc2)C=C1)c1ccccc1. The Morgan fingerprint density at radius 1 is 0.810 bits per heavy atom. The van der Waals surface area contributed by atoms with Crippen molar-refractivity contribution in [2.75, 3.05) is 0 Å². The maximum absolute atomic E-state index is 14.7. The number of sulfonamides is 1. The molecule has 42 heavy (non-hydrogen) atoms. The first-order valence-electron chi connectivity index (χ1n) is 13.7. The Balaban J connectivity index is 1.55. The smallest absolute Gasteiger partial charge is 0.326 e. The maximum atomic E-state index is 14.7. The van der Waals surface area contributed by atoms with Crippen molar-refractivity contribution in [2.45, 2.75) is 23.1 Å². The third-order valence-electron chi connectivity index (χ3n) is 7.65. The number of allylic oxidation sites excluding steroid dienone is 2. The van der Waals surface area contributed by atoms with E-state index in [1.165, 1.54) is 0 Å². The topological polar surface area (TPSA) is 96.6 Å². The van der Waals surface area contributed by atoms with E-state index in [-0.39, 0.29) is 5.92 Å². The highest BCUT2D eigenvalue weighted by molar-refractivity contribution is 7.90. The Morgan fingerprint density at radius 2 is 1.38 bits per heavy atom. The minimum atomic E-state index is -4.44. The lowest BCUT2D eigenvalue weighted by Crippen LogP contribution is -2.46. The van der Waals surface area contributed by atoms with E-state index in [0.29, 0.717) is 34.3 Å². The summed E-state index contributed by atoms with van der Waals surface area (Å²) in [5.74, 6) is -0.964. The van der Waals surface area contributed by atoms with E-state index in [2.05, 4.69) is 4.72 Å². The molecule has 1 unspecified atom stereocenters. The second-order valence-corrected chi connectivity index (χ2v) is 12.2. The Kier molecular flexibility index (Phi) is 7.37. The van der Waals surface area contributed by atoms with Crippen LogP contribution >= 0.6 is 0 Å². The van der Waals surface area contributed by atoms with Crippen LogP contribution in [0.1, 0.15) is 40.0 Å². The van der Waals surface area contributed by atoms with Crippen LogP contribution in [0.5, 0.6) is 0 Å². The molecule has 0 saturated carbocycles. The highest BCUT2D eigenvalue weighted by Crippen LogP contribution is 2.46. The van der Waals surface area contributed by atoms with Gasteiger partial charge >= 0.3 is 5.97 Å². The van der Waals surface area contributed by atoms with Gasteiger partial charge in [0, 0.05) is 23.3 Å². The van der Waals surface area contributed by atoms with Gasteiger partial charge in [-0.25, -0.2) is 8.42 Å². The molecule has 6 rings (SSSR count). The predicted molar refractivity (Wildman–Crippen MR) is 163 cm³/mol. The standard InChI is InChI=1S/C35H29NO5S/c37-34(38)33(28-16-8-3-9-17-28)36-42(39,40)35(22-20-27(21-23-35)26-14-6-2-7-15-26)32-29-18-10-11-19-30(29)41-31(32)24-25-12-4-1-5-13-25/h1-23,27,33,36H,24H2,(H,37,38). The molecule has 0 radical (unpaired) electrons. The molecule has 0 amide bonds. The van der Waals surface area contributed by atoms with Gasteiger partial charge in [-0.3, -0.25) is 4.79 Å². The van der Waals surface area contributed by atoms with Crippen LogP contribution in [0.15, 0.2) is 144 Å². The third-order valence-corrected chi connectivity index (χ3v) is 9.56. The molecule has 1 aliphatic carbocycles. The molecule has 210 valence electrons. The number of carboxylic acid groups (broad SMARTS) is 1. The zero-order valence-corrected chi connectivity index (χ0v) is 23.4. The van der Waals surface area contributed by atoms with Gasteiger partial charge in [-0.05, 0) is 22.8 Å².